The number of hydrogen-bond acceptors (Lipinski definition) is 3. The zero-order valence-electron chi connectivity index (χ0n) is 11.2. The lowest BCUT2D eigenvalue weighted by molar-refractivity contribution is 0.160. The summed E-state index contributed by atoms with van der Waals surface area (Å²) in [6.07, 6.45) is 1.20. The number of piperidine rings is 1. The Labute approximate surface area is 108 Å². The van der Waals surface area contributed by atoms with Crippen LogP contribution in [-0.2, 0) is 0 Å². The highest BCUT2D eigenvalue weighted by Crippen LogP contribution is 2.46. The van der Waals surface area contributed by atoms with Gasteiger partial charge in [0.25, 0.3) is 0 Å². The summed E-state index contributed by atoms with van der Waals surface area (Å²) in [6.45, 7) is 8.14. The van der Waals surface area contributed by atoms with Gasteiger partial charge in [0, 0.05) is 18.0 Å². The Balaban J connectivity index is 2.00. The van der Waals surface area contributed by atoms with Gasteiger partial charge in [0.15, 0.2) is 11.5 Å². The number of hydrogen-bond donors (Lipinski definition) is 1. The van der Waals surface area contributed by atoms with E-state index in [0.29, 0.717) is 24.5 Å². The smallest absolute Gasteiger partial charge is 0.164 e. The first-order chi connectivity index (χ1) is 8.68. The number of benzene rings is 1. The van der Waals surface area contributed by atoms with Crippen molar-refractivity contribution >= 4 is 0 Å². The van der Waals surface area contributed by atoms with Gasteiger partial charge in [-0.2, -0.15) is 0 Å². The summed E-state index contributed by atoms with van der Waals surface area (Å²) in [7, 11) is 0. The second-order valence-electron chi connectivity index (χ2n) is 5.87. The van der Waals surface area contributed by atoms with Crippen LogP contribution in [0.3, 0.4) is 0 Å². The molecule has 1 unspecified atom stereocenters. The molecule has 0 spiro atoms. The molecule has 3 heteroatoms. The standard InChI is InChI=1S/C15H21NO2/c1-15(2)6-7-16-10-12(15)11-4-3-5-13-14(11)18-9-8-17-13/h3-5,12,16H,6-10H2,1-2H3. The molecule has 1 saturated heterocycles. The van der Waals surface area contributed by atoms with Crippen LogP contribution in [0.15, 0.2) is 18.2 Å². The topological polar surface area (TPSA) is 30.5 Å². The summed E-state index contributed by atoms with van der Waals surface area (Å²) < 4.78 is 11.5. The summed E-state index contributed by atoms with van der Waals surface area (Å²) >= 11 is 0. The van der Waals surface area contributed by atoms with Gasteiger partial charge in [-0.3, -0.25) is 0 Å². The minimum atomic E-state index is 0.307. The molecule has 0 aromatic heterocycles. The summed E-state index contributed by atoms with van der Waals surface area (Å²) in [5, 5.41) is 3.50. The molecule has 0 amide bonds. The third-order valence-electron chi connectivity index (χ3n) is 4.21. The van der Waals surface area contributed by atoms with Crippen LogP contribution in [0.25, 0.3) is 0 Å². The van der Waals surface area contributed by atoms with Gasteiger partial charge in [0.1, 0.15) is 13.2 Å². The van der Waals surface area contributed by atoms with E-state index in [9.17, 15) is 0 Å². The molecule has 1 fully saturated rings. The molecule has 3 nitrogen and oxygen atoms in total. The SMILES string of the molecule is CC1(C)CCNCC1c1cccc2c1OCCO2. The second kappa shape index (κ2) is 4.47. The Morgan fingerprint density at radius 3 is 2.89 bits per heavy atom. The first kappa shape index (κ1) is 11.8. The number of ether oxygens (including phenoxy) is 2. The van der Waals surface area contributed by atoms with Crippen LogP contribution in [0.4, 0.5) is 0 Å². The maximum Gasteiger partial charge on any atom is 0.164 e. The van der Waals surface area contributed by atoms with E-state index in [-0.39, 0.29) is 0 Å². The highest BCUT2D eigenvalue weighted by molar-refractivity contribution is 5.49. The van der Waals surface area contributed by atoms with Gasteiger partial charge in [-0.05, 0) is 24.4 Å². The second-order valence-corrected chi connectivity index (χ2v) is 5.87. The van der Waals surface area contributed by atoms with Gasteiger partial charge in [-0.15, -0.1) is 0 Å². The quantitative estimate of drug-likeness (QED) is 0.827. The maximum atomic E-state index is 5.85. The molecule has 1 aromatic carbocycles. The van der Waals surface area contributed by atoms with Gasteiger partial charge in [0.2, 0.25) is 0 Å². The average molecular weight is 247 g/mol. The third-order valence-corrected chi connectivity index (χ3v) is 4.21. The van der Waals surface area contributed by atoms with Crippen LogP contribution < -0.4 is 14.8 Å². The normalized spacial score (nSPS) is 25.8. The van der Waals surface area contributed by atoms with Crippen molar-refractivity contribution in [3.05, 3.63) is 23.8 Å². The van der Waals surface area contributed by atoms with Crippen LogP contribution in [0.5, 0.6) is 11.5 Å². The molecule has 18 heavy (non-hydrogen) atoms. The van der Waals surface area contributed by atoms with Crippen LogP contribution >= 0.6 is 0 Å². The molecule has 2 heterocycles. The van der Waals surface area contributed by atoms with Crippen molar-refractivity contribution in [2.75, 3.05) is 26.3 Å². The minimum Gasteiger partial charge on any atom is -0.486 e. The number of para-hydroxylation sites is 1. The van der Waals surface area contributed by atoms with Crippen LogP contribution in [-0.4, -0.2) is 26.3 Å². The Morgan fingerprint density at radius 1 is 1.22 bits per heavy atom. The van der Waals surface area contributed by atoms with Gasteiger partial charge in [-0.25, -0.2) is 0 Å². The molecule has 0 radical (unpaired) electrons. The Morgan fingerprint density at radius 2 is 2.06 bits per heavy atom. The van der Waals surface area contributed by atoms with Crippen molar-refractivity contribution in [1.82, 2.24) is 5.32 Å². The highest BCUT2D eigenvalue weighted by atomic mass is 16.6. The first-order valence-corrected chi connectivity index (χ1v) is 6.78. The minimum absolute atomic E-state index is 0.307. The molecule has 2 aliphatic rings. The molecule has 2 aliphatic heterocycles. The molecule has 1 N–H and O–H groups in total. The number of rotatable bonds is 1. The van der Waals surface area contributed by atoms with Gasteiger partial charge in [0.05, 0.1) is 0 Å². The van der Waals surface area contributed by atoms with E-state index in [0.717, 1.165) is 24.6 Å². The third kappa shape index (κ3) is 1.97. The molecule has 1 aromatic rings. The average Bonchev–Trinajstić information content (AvgIpc) is 2.38. The summed E-state index contributed by atoms with van der Waals surface area (Å²) in [5.74, 6) is 2.36. The van der Waals surface area contributed by atoms with E-state index >= 15 is 0 Å². The van der Waals surface area contributed by atoms with E-state index in [1.54, 1.807) is 0 Å². The van der Waals surface area contributed by atoms with Crippen molar-refractivity contribution in [3.8, 4) is 11.5 Å². The molecule has 0 bridgehead atoms. The van der Waals surface area contributed by atoms with E-state index < -0.39 is 0 Å². The highest BCUT2D eigenvalue weighted by Gasteiger charge is 2.36. The van der Waals surface area contributed by atoms with Gasteiger partial charge < -0.3 is 14.8 Å². The maximum absolute atomic E-state index is 5.85. The fourth-order valence-electron chi connectivity index (χ4n) is 3.01. The predicted octanol–water partition coefficient (Wildman–Crippen LogP) is 2.56. The van der Waals surface area contributed by atoms with E-state index in [2.05, 4.69) is 31.3 Å². The summed E-state index contributed by atoms with van der Waals surface area (Å²) in [4.78, 5) is 0. The molecule has 0 saturated carbocycles. The van der Waals surface area contributed by atoms with Crippen molar-refractivity contribution < 1.29 is 9.47 Å². The Hall–Kier alpha value is -1.22. The molecule has 1 atom stereocenters. The lowest BCUT2D eigenvalue weighted by Crippen LogP contribution is -2.40. The number of nitrogens with one attached hydrogen (secondary N) is 1. The lowest BCUT2D eigenvalue weighted by Gasteiger charge is -2.40. The summed E-state index contributed by atoms with van der Waals surface area (Å²) in [5.41, 5.74) is 1.60. The predicted molar refractivity (Wildman–Crippen MR) is 71.4 cm³/mol. The van der Waals surface area contributed by atoms with Crippen molar-refractivity contribution in [2.45, 2.75) is 26.2 Å². The van der Waals surface area contributed by atoms with Crippen LogP contribution in [0.2, 0.25) is 0 Å². The first-order valence-electron chi connectivity index (χ1n) is 6.78. The van der Waals surface area contributed by atoms with Crippen LogP contribution in [0, 0.1) is 5.41 Å². The van der Waals surface area contributed by atoms with Crippen molar-refractivity contribution in [1.29, 1.82) is 0 Å². The molecular weight excluding hydrogens is 226 g/mol. The monoisotopic (exact) mass is 247 g/mol. The fraction of sp³-hybridized carbons (Fsp3) is 0.600. The van der Waals surface area contributed by atoms with Gasteiger partial charge in [-0.1, -0.05) is 26.0 Å². The van der Waals surface area contributed by atoms with Crippen LogP contribution in [0.1, 0.15) is 31.7 Å². The van der Waals surface area contributed by atoms with E-state index in [1.165, 1.54) is 12.0 Å². The molecule has 98 valence electrons. The molecular formula is C15H21NO2. The fourth-order valence-corrected chi connectivity index (χ4v) is 3.01. The van der Waals surface area contributed by atoms with E-state index in [4.69, 9.17) is 9.47 Å². The summed E-state index contributed by atoms with van der Waals surface area (Å²) in [6, 6.07) is 6.27. The largest absolute Gasteiger partial charge is 0.486 e. The molecule has 3 rings (SSSR count). The zero-order valence-corrected chi connectivity index (χ0v) is 11.2. The molecule has 0 aliphatic carbocycles. The Kier molecular flexibility index (Phi) is 2.94. The van der Waals surface area contributed by atoms with Crippen molar-refractivity contribution in [3.63, 3.8) is 0 Å². The van der Waals surface area contributed by atoms with E-state index in [1.807, 2.05) is 6.07 Å². The van der Waals surface area contributed by atoms with Crippen molar-refractivity contribution in [2.24, 2.45) is 5.41 Å². The van der Waals surface area contributed by atoms with Gasteiger partial charge >= 0.3 is 0 Å². The zero-order chi connectivity index (χ0) is 12.6. The number of fused-ring (bicyclic) bond motifs is 1. The Bertz CT molecular complexity index is 442. The lowest BCUT2D eigenvalue weighted by atomic mass is 9.70.